The van der Waals surface area contributed by atoms with Crippen LogP contribution in [0.2, 0.25) is 0 Å². The van der Waals surface area contributed by atoms with E-state index in [1.54, 1.807) is 18.2 Å². The van der Waals surface area contributed by atoms with E-state index in [1.807, 2.05) is 0 Å². The third-order valence-electron chi connectivity index (χ3n) is 5.26. The van der Waals surface area contributed by atoms with Gasteiger partial charge >= 0.3 is 47.6 Å². The quantitative estimate of drug-likeness (QED) is 0.210. The number of para-hydroxylation sites is 1. The topological polar surface area (TPSA) is 24.1 Å². The fourth-order valence-corrected chi connectivity index (χ4v) is 3.16. The van der Waals surface area contributed by atoms with E-state index in [4.69, 9.17) is 12.2 Å². The zero-order valence-electron chi connectivity index (χ0n) is 19.0. The van der Waals surface area contributed by atoms with Crippen molar-refractivity contribution >= 4 is 28.7 Å². The highest BCUT2D eigenvalue weighted by atomic mass is 32.1. The summed E-state index contributed by atoms with van der Waals surface area (Å²) >= 11 is 4.86. The summed E-state index contributed by atoms with van der Waals surface area (Å²) in [6.45, 7) is 0. The molecule has 0 spiro atoms. The minimum atomic E-state index is -8.67. The Morgan fingerprint density at radius 2 is 0.780 bits per heavy atom. The Hall–Kier alpha value is -3.06. The van der Waals surface area contributed by atoms with Gasteiger partial charge in [-0.1, -0.05) is 30.3 Å². The number of anilines is 2. The molecular weight excluding hydrogens is 635 g/mol. The molecule has 0 atom stereocenters. The van der Waals surface area contributed by atoms with Crippen molar-refractivity contribution in [1.29, 1.82) is 0 Å². The molecule has 0 aliphatic carbocycles. The molecule has 0 heterocycles. The van der Waals surface area contributed by atoms with Crippen LogP contribution in [0.5, 0.6) is 0 Å². The third kappa shape index (κ3) is 5.33. The van der Waals surface area contributed by atoms with Crippen molar-refractivity contribution in [3.63, 3.8) is 0 Å². The van der Waals surface area contributed by atoms with Crippen molar-refractivity contribution in [2.75, 3.05) is 10.6 Å². The first-order valence-electron chi connectivity index (χ1n) is 10.1. The van der Waals surface area contributed by atoms with Gasteiger partial charge in [-0.05, 0) is 36.5 Å². The van der Waals surface area contributed by atoms with Crippen molar-refractivity contribution in [1.82, 2.24) is 0 Å². The first-order chi connectivity index (χ1) is 18.2. The number of hydrogen-bond acceptors (Lipinski definition) is 1. The third-order valence-corrected chi connectivity index (χ3v) is 5.46. The second-order valence-electron chi connectivity index (χ2n) is 8.04. The lowest BCUT2D eigenvalue weighted by Crippen LogP contribution is -2.74. The Kier molecular flexibility index (Phi) is 8.61. The lowest BCUT2D eigenvalue weighted by molar-refractivity contribution is -0.462. The average Bonchev–Trinajstić information content (AvgIpc) is 2.83. The van der Waals surface area contributed by atoms with Crippen LogP contribution in [-0.2, 0) is 5.92 Å². The van der Waals surface area contributed by atoms with Crippen LogP contribution in [0.25, 0.3) is 0 Å². The normalized spacial score (nSPS) is 14.6. The van der Waals surface area contributed by atoms with Gasteiger partial charge in [-0.25, -0.2) is 0 Å². The van der Waals surface area contributed by atoms with Crippen LogP contribution in [-0.4, -0.2) is 46.8 Å². The molecule has 2 aromatic rings. The molecule has 2 rings (SSSR count). The summed E-state index contributed by atoms with van der Waals surface area (Å²) in [5.41, 5.74) is -2.27. The molecule has 20 heteroatoms. The van der Waals surface area contributed by atoms with Crippen LogP contribution < -0.4 is 10.6 Å². The molecule has 0 amide bonds. The van der Waals surface area contributed by atoms with Crippen LogP contribution in [0.15, 0.2) is 54.6 Å². The summed E-state index contributed by atoms with van der Waals surface area (Å²) in [6.07, 6.45) is -7.80. The van der Waals surface area contributed by atoms with Crippen LogP contribution in [0.1, 0.15) is 5.56 Å². The molecule has 41 heavy (non-hydrogen) atoms. The summed E-state index contributed by atoms with van der Waals surface area (Å²) in [6, 6.07) is 8.28. The molecule has 0 unspecified atom stereocenters. The molecule has 2 aromatic carbocycles. The van der Waals surface area contributed by atoms with Crippen LogP contribution in [0.3, 0.4) is 0 Å². The van der Waals surface area contributed by atoms with Crippen molar-refractivity contribution in [3.8, 4) is 0 Å². The Morgan fingerprint density at radius 3 is 1.17 bits per heavy atom. The number of alkyl halides is 17. The van der Waals surface area contributed by atoms with Crippen LogP contribution in [0.4, 0.5) is 86.0 Å². The van der Waals surface area contributed by atoms with Gasteiger partial charge in [-0.3, -0.25) is 0 Å². The summed E-state index contributed by atoms with van der Waals surface area (Å²) in [7, 11) is 0. The summed E-state index contributed by atoms with van der Waals surface area (Å²) in [5.74, 6) is -56.8. The smallest absolute Gasteiger partial charge is 0.332 e. The van der Waals surface area contributed by atoms with E-state index in [2.05, 4.69) is 10.6 Å². The maximum absolute atomic E-state index is 14.4. The number of halogens is 17. The van der Waals surface area contributed by atoms with Gasteiger partial charge in [0.2, 0.25) is 0 Å². The molecule has 0 aliphatic rings. The Balaban J connectivity index is 2.42. The molecular formula is C21H11F17N2S. The number of benzene rings is 2. The highest BCUT2D eigenvalue weighted by molar-refractivity contribution is 7.80. The minimum Gasteiger partial charge on any atom is -0.332 e. The van der Waals surface area contributed by atoms with Gasteiger partial charge in [0, 0.05) is 16.9 Å². The van der Waals surface area contributed by atoms with Gasteiger partial charge in [-0.15, -0.1) is 0 Å². The van der Waals surface area contributed by atoms with E-state index in [0.717, 1.165) is 0 Å². The second kappa shape index (κ2) is 10.3. The number of hydrogen-bond donors (Lipinski definition) is 2. The number of nitrogens with one attached hydrogen (secondary N) is 2. The SMILES string of the molecule is FC(F)(F)C(F)(F)C(F)(F)C(F)(F)C(F)(F)C(F)(F)C(F)(F)C(F)(F)c1ccc(NC(=S)Nc2ccccc2)cc1. The Bertz CT molecular complexity index is 1220. The highest BCUT2D eigenvalue weighted by Gasteiger charge is 2.95. The summed E-state index contributed by atoms with van der Waals surface area (Å²) in [5, 5.41) is 4.60. The van der Waals surface area contributed by atoms with Crippen molar-refractivity contribution in [2.45, 2.75) is 47.6 Å². The maximum Gasteiger partial charge on any atom is 0.460 e. The van der Waals surface area contributed by atoms with Crippen LogP contribution in [0, 0.1) is 0 Å². The van der Waals surface area contributed by atoms with Gasteiger partial charge < -0.3 is 10.6 Å². The highest BCUT2D eigenvalue weighted by Crippen LogP contribution is 2.65. The van der Waals surface area contributed by atoms with E-state index in [0.29, 0.717) is 17.8 Å². The molecule has 2 nitrogen and oxygen atoms in total. The minimum absolute atomic E-state index is 0.139. The lowest BCUT2D eigenvalue weighted by Gasteiger charge is -2.42. The molecule has 0 saturated carbocycles. The molecule has 230 valence electrons. The molecule has 0 aromatic heterocycles. The van der Waals surface area contributed by atoms with Gasteiger partial charge in [0.05, 0.1) is 0 Å². The first kappa shape index (κ1) is 34.1. The Labute approximate surface area is 222 Å². The fourth-order valence-electron chi connectivity index (χ4n) is 2.92. The van der Waals surface area contributed by atoms with Gasteiger partial charge in [0.15, 0.2) is 5.11 Å². The zero-order chi connectivity index (χ0) is 32.1. The zero-order valence-corrected chi connectivity index (χ0v) is 19.8. The van der Waals surface area contributed by atoms with E-state index in [9.17, 15) is 74.6 Å². The average molecular weight is 646 g/mol. The summed E-state index contributed by atoms with van der Waals surface area (Å²) < 4.78 is 229. The van der Waals surface area contributed by atoms with Crippen LogP contribution >= 0.6 is 12.2 Å². The lowest BCUT2D eigenvalue weighted by atomic mass is 9.87. The Morgan fingerprint density at radius 1 is 0.439 bits per heavy atom. The number of rotatable bonds is 9. The fraction of sp³-hybridized carbons (Fsp3) is 0.381. The maximum atomic E-state index is 14.4. The van der Waals surface area contributed by atoms with Gasteiger partial charge in [-0.2, -0.15) is 74.6 Å². The van der Waals surface area contributed by atoms with Crippen molar-refractivity contribution < 1.29 is 74.6 Å². The van der Waals surface area contributed by atoms with E-state index >= 15 is 0 Å². The van der Waals surface area contributed by atoms with E-state index in [-0.39, 0.29) is 22.9 Å². The first-order valence-corrected chi connectivity index (χ1v) is 10.6. The predicted molar refractivity (Wildman–Crippen MR) is 112 cm³/mol. The van der Waals surface area contributed by atoms with Crippen molar-refractivity contribution in [2.24, 2.45) is 0 Å². The molecule has 0 fully saturated rings. The second-order valence-corrected chi connectivity index (χ2v) is 8.45. The van der Waals surface area contributed by atoms with Gasteiger partial charge in [0.25, 0.3) is 0 Å². The summed E-state index contributed by atoms with van der Waals surface area (Å²) in [4.78, 5) is 0. The molecule has 2 N–H and O–H groups in total. The van der Waals surface area contributed by atoms with Gasteiger partial charge in [0.1, 0.15) is 0 Å². The number of thiocarbonyl (C=S) groups is 1. The molecule has 0 radical (unpaired) electrons. The molecule has 0 bridgehead atoms. The van der Waals surface area contributed by atoms with E-state index in [1.165, 1.54) is 12.1 Å². The standard InChI is InChI=1S/C21H11F17N2S/c22-14(23,10-6-8-12(9-7-10)40-13(41)39-11-4-2-1-3-5-11)15(24,25)16(26,27)17(28,29)18(30,31)19(32,33)20(34,35)21(36,37)38/h1-9H,(H2,39,40,41). The van der Waals surface area contributed by atoms with Crippen molar-refractivity contribution in [3.05, 3.63) is 60.2 Å². The predicted octanol–water partition coefficient (Wildman–Crippen LogP) is 8.96. The largest absolute Gasteiger partial charge is 0.460 e. The molecule has 0 aliphatic heterocycles. The molecule has 0 saturated heterocycles. The monoisotopic (exact) mass is 646 g/mol. The van der Waals surface area contributed by atoms with E-state index < -0.39 is 53.2 Å².